The number of halogens is 1. The van der Waals surface area contributed by atoms with Gasteiger partial charge >= 0.3 is 0 Å². The van der Waals surface area contributed by atoms with Crippen LogP contribution in [-0.4, -0.2) is 15.1 Å². The van der Waals surface area contributed by atoms with Crippen LogP contribution in [0, 0.1) is 24.2 Å². The molecule has 0 aliphatic carbocycles. The van der Waals surface area contributed by atoms with Crippen LogP contribution >= 0.6 is 0 Å². The first-order chi connectivity index (χ1) is 8.69. The molecule has 0 radical (unpaired) electrons. The number of nitrogens with zero attached hydrogens (tertiary/aromatic N) is 3. The molecule has 0 bridgehead atoms. The summed E-state index contributed by atoms with van der Waals surface area (Å²) < 4.78 is 13.8. The molecule has 1 N–H and O–H groups in total. The maximum atomic E-state index is 13.8. The van der Waals surface area contributed by atoms with E-state index in [0.717, 1.165) is 16.8 Å². The van der Waals surface area contributed by atoms with Crippen molar-refractivity contribution in [2.45, 2.75) is 20.0 Å². The molecule has 0 saturated heterocycles. The van der Waals surface area contributed by atoms with Crippen molar-refractivity contribution in [1.29, 1.82) is 5.26 Å². The van der Waals surface area contributed by atoms with Gasteiger partial charge in [-0.3, -0.25) is 5.10 Å². The Kier molecular flexibility index (Phi) is 2.30. The molecular formula is C13H11FN4. The summed E-state index contributed by atoms with van der Waals surface area (Å²) >= 11 is 0. The van der Waals surface area contributed by atoms with Gasteiger partial charge in [0.2, 0.25) is 0 Å². The molecule has 1 aliphatic heterocycles. The minimum atomic E-state index is -0.287. The van der Waals surface area contributed by atoms with Gasteiger partial charge in [0.15, 0.2) is 6.19 Å². The van der Waals surface area contributed by atoms with Crippen LogP contribution in [0.1, 0.15) is 16.8 Å². The van der Waals surface area contributed by atoms with E-state index in [4.69, 9.17) is 5.26 Å². The number of nitriles is 1. The summed E-state index contributed by atoms with van der Waals surface area (Å²) in [6.45, 7) is 2.93. The SMILES string of the molecule is Cc1ccc(F)c(-c2n[nH]c3c2CN(C#N)C3)c1. The Labute approximate surface area is 104 Å². The molecule has 0 unspecified atom stereocenters. The minimum Gasteiger partial charge on any atom is -0.300 e. The smallest absolute Gasteiger partial charge is 0.180 e. The van der Waals surface area contributed by atoms with Gasteiger partial charge in [0.05, 0.1) is 18.8 Å². The fourth-order valence-corrected chi connectivity index (χ4v) is 2.25. The van der Waals surface area contributed by atoms with E-state index in [9.17, 15) is 4.39 Å². The van der Waals surface area contributed by atoms with Gasteiger partial charge in [0, 0.05) is 11.1 Å². The molecule has 1 aliphatic rings. The van der Waals surface area contributed by atoms with E-state index in [0.29, 0.717) is 24.3 Å². The summed E-state index contributed by atoms with van der Waals surface area (Å²) in [5.74, 6) is -0.287. The van der Waals surface area contributed by atoms with Gasteiger partial charge in [-0.1, -0.05) is 11.6 Å². The minimum absolute atomic E-state index is 0.287. The zero-order valence-corrected chi connectivity index (χ0v) is 9.87. The second-order valence-electron chi connectivity index (χ2n) is 4.47. The molecular weight excluding hydrogens is 231 g/mol. The van der Waals surface area contributed by atoms with Gasteiger partial charge in [-0.05, 0) is 19.1 Å². The Morgan fingerprint density at radius 2 is 2.28 bits per heavy atom. The Bertz CT molecular complexity index is 653. The highest BCUT2D eigenvalue weighted by Crippen LogP contribution is 2.32. The van der Waals surface area contributed by atoms with Gasteiger partial charge in [0.1, 0.15) is 11.5 Å². The highest BCUT2D eigenvalue weighted by molar-refractivity contribution is 5.66. The second kappa shape index (κ2) is 3.84. The van der Waals surface area contributed by atoms with E-state index < -0.39 is 0 Å². The quantitative estimate of drug-likeness (QED) is 0.781. The molecule has 4 nitrogen and oxygen atoms in total. The van der Waals surface area contributed by atoms with Crippen LogP contribution in [0.3, 0.4) is 0 Å². The van der Waals surface area contributed by atoms with Gasteiger partial charge in [0.25, 0.3) is 0 Å². The summed E-state index contributed by atoms with van der Waals surface area (Å²) in [7, 11) is 0. The van der Waals surface area contributed by atoms with E-state index >= 15 is 0 Å². The maximum absolute atomic E-state index is 13.8. The second-order valence-corrected chi connectivity index (χ2v) is 4.47. The largest absolute Gasteiger partial charge is 0.300 e. The summed E-state index contributed by atoms with van der Waals surface area (Å²) in [5, 5.41) is 15.9. The average molecular weight is 242 g/mol. The van der Waals surface area contributed by atoms with E-state index in [-0.39, 0.29) is 5.82 Å². The maximum Gasteiger partial charge on any atom is 0.180 e. The molecule has 0 spiro atoms. The highest BCUT2D eigenvalue weighted by atomic mass is 19.1. The molecule has 0 saturated carbocycles. The van der Waals surface area contributed by atoms with Crippen molar-refractivity contribution in [1.82, 2.24) is 15.1 Å². The van der Waals surface area contributed by atoms with E-state index in [2.05, 4.69) is 16.4 Å². The van der Waals surface area contributed by atoms with Crippen LogP contribution in [0.25, 0.3) is 11.3 Å². The van der Waals surface area contributed by atoms with Gasteiger partial charge < -0.3 is 4.90 Å². The van der Waals surface area contributed by atoms with Crippen molar-refractivity contribution in [2.75, 3.05) is 0 Å². The lowest BCUT2D eigenvalue weighted by atomic mass is 10.0. The highest BCUT2D eigenvalue weighted by Gasteiger charge is 2.25. The van der Waals surface area contributed by atoms with Crippen molar-refractivity contribution in [3.63, 3.8) is 0 Å². The van der Waals surface area contributed by atoms with E-state index in [1.807, 2.05) is 6.92 Å². The molecule has 18 heavy (non-hydrogen) atoms. The molecule has 90 valence electrons. The summed E-state index contributed by atoms with van der Waals surface area (Å²) in [6.07, 6.45) is 2.09. The van der Waals surface area contributed by atoms with E-state index in [1.165, 1.54) is 6.07 Å². The zero-order chi connectivity index (χ0) is 12.7. The topological polar surface area (TPSA) is 55.7 Å². The molecule has 3 rings (SSSR count). The van der Waals surface area contributed by atoms with Crippen molar-refractivity contribution >= 4 is 0 Å². The normalized spacial score (nSPS) is 13.5. The van der Waals surface area contributed by atoms with Crippen molar-refractivity contribution in [3.05, 3.63) is 40.8 Å². The van der Waals surface area contributed by atoms with Crippen molar-refractivity contribution in [3.8, 4) is 17.5 Å². The Balaban J connectivity index is 2.10. The number of H-pyrrole nitrogens is 1. The fourth-order valence-electron chi connectivity index (χ4n) is 2.25. The number of fused-ring (bicyclic) bond motifs is 1. The molecule has 0 fully saturated rings. The van der Waals surface area contributed by atoms with Crippen LogP contribution in [0.5, 0.6) is 0 Å². The molecule has 0 atom stereocenters. The predicted molar refractivity (Wildman–Crippen MR) is 63.6 cm³/mol. The average Bonchev–Trinajstić information content (AvgIpc) is 2.91. The molecule has 0 amide bonds. The third-order valence-corrected chi connectivity index (χ3v) is 3.17. The Morgan fingerprint density at radius 1 is 1.44 bits per heavy atom. The number of nitrogens with one attached hydrogen (secondary N) is 1. The summed E-state index contributed by atoms with van der Waals surface area (Å²) in [5.41, 5.74) is 3.91. The number of benzene rings is 1. The van der Waals surface area contributed by atoms with Crippen LogP contribution in [0.15, 0.2) is 18.2 Å². The number of aromatic amines is 1. The third-order valence-electron chi connectivity index (χ3n) is 3.17. The Hall–Kier alpha value is -2.35. The number of hydrogen-bond donors (Lipinski definition) is 1. The number of hydrogen-bond acceptors (Lipinski definition) is 3. The first-order valence-electron chi connectivity index (χ1n) is 5.66. The Morgan fingerprint density at radius 3 is 3.06 bits per heavy atom. The predicted octanol–water partition coefficient (Wildman–Crippen LogP) is 2.32. The first-order valence-corrected chi connectivity index (χ1v) is 5.66. The standard InChI is InChI=1S/C13H11FN4/c1-8-2-3-11(14)9(4-8)13-10-5-18(7-15)6-12(10)16-17-13/h2-4H,5-6H2,1H3,(H,16,17). The van der Waals surface area contributed by atoms with E-state index in [1.54, 1.807) is 17.0 Å². The van der Waals surface area contributed by atoms with Crippen LogP contribution in [0.4, 0.5) is 4.39 Å². The number of aromatic nitrogens is 2. The molecule has 1 aromatic carbocycles. The third kappa shape index (κ3) is 1.54. The molecule has 5 heteroatoms. The summed E-state index contributed by atoms with van der Waals surface area (Å²) in [6, 6.07) is 4.96. The number of rotatable bonds is 1. The van der Waals surface area contributed by atoms with Crippen molar-refractivity contribution < 1.29 is 4.39 Å². The van der Waals surface area contributed by atoms with Crippen LogP contribution in [-0.2, 0) is 13.1 Å². The summed E-state index contributed by atoms with van der Waals surface area (Å²) in [4.78, 5) is 1.61. The monoisotopic (exact) mass is 242 g/mol. The van der Waals surface area contributed by atoms with Gasteiger partial charge in [-0.25, -0.2) is 4.39 Å². The van der Waals surface area contributed by atoms with Crippen molar-refractivity contribution in [2.24, 2.45) is 0 Å². The lowest BCUT2D eigenvalue weighted by molar-refractivity contribution is 0.412. The van der Waals surface area contributed by atoms with Gasteiger partial charge in [-0.15, -0.1) is 0 Å². The lowest BCUT2D eigenvalue weighted by Gasteiger charge is -2.06. The molecule has 1 aromatic heterocycles. The molecule has 2 aromatic rings. The van der Waals surface area contributed by atoms with Crippen LogP contribution in [0.2, 0.25) is 0 Å². The molecule has 2 heterocycles. The first kappa shape index (κ1) is 10.8. The fraction of sp³-hybridized carbons (Fsp3) is 0.231. The zero-order valence-electron chi connectivity index (χ0n) is 9.87. The lowest BCUT2D eigenvalue weighted by Crippen LogP contribution is -2.08. The van der Waals surface area contributed by atoms with Gasteiger partial charge in [-0.2, -0.15) is 10.4 Å². The number of aryl methyl sites for hydroxylation is 1. The van der Waals surface area contributed by atoms with Crippen LogP contribution < -0.4 is 0 Å².